The Morgan fingerprint density at radius 2 is 1.69 bits per heavy atom. The molecule has 0 aliphatic heterocycles. The molecule has 0 amide bonds. The van der Waals surface area contributed by atoms with Crippen LogP contribution in [0.5, 0.6) is 0 Å². The molecule has 0 spiro atoms. The Morgan fingerprint density at radius 3 is 2.31 bits per heavy atom. The maximum Gasteiger partial charge on any atom is 0.313 e. The molecule has 136 valence electrons. The van der Waals surface area contributed by atoms with Crippen LogP contribution in [-0.4, -0.2) is 18.4 Å². The van der Waals surface area contributed by atoms with Crippen LogP contribution in [0.4, 0.5) is 0 Å². The maximum atomic E-state index is 12.3. The van der Waals surface area contributed by atoms with Crippen LogP contribution >= 0.6 is 0 Å². The van der Waals surface area contributed by atoms with Gasteiger partial charge in [-0.2, -0.15) is 0 Å². The molecule has 3 heteroatoms. The fourth-order valence-corrected chi connectivity index (χ4v) is 2.86. The van der Waals surface area contributed by atoms with Gasteiger partial charge in [-0.25, -0.2) is 0 Å². The van der Waals surface area contributed by atoms with E-state index in [2.05, 4.69) is 19.1 Å². The number of rotatable bonds is 8. The Labute approximate surface area is 155 Å². The topological polar surface area (TPSA) is 43.4 Å². The van der Waals surface area contributed by atoms with Crippen molar-refractivity contribution in [3.63, 3.8) is 0 Å². The van der Waals surface area contributed by atoms with Gasteiger partial charge in [-0.15, -0.1) is 0 Å². The third kappa shape index (κ3) is 5.99. The molecule has 2 aromatic rings. The highest BCUT2D eigenvalue weighted by molar-refractivity contribution is 6.05. The van der Waals surface area contributed by atoms with E-state index in [4.69, 9.17) is 4.74 Å². The quantitative estimate of drug-likeness (QED) is 0.378. The summed E-state index contributed by atoms with van der Waals surface area (Å²) in [5, 5.41) is 0. The molecule has 1 atom stereocenters. The minimum absolute atomic E-state index is 0.219. The van der Waals surface area contributed by atoms with Gasteiger partial charge in [0.05, 0.1) is 6.61 Å². The Morgan fingerprint density at radius 1 is 1.04 bits per heavy atom. The fraction of sp³-hybridized carbons (Fsp3) is 0.304. The van der Waals surface area contributed by atoms with Crippen molar-refractivity contribution in [2.24, 2.45) is 0 Å². The number of allylic oxidation sites excluding steroid dienone is 2. The molecule has 0 fully saturated rings. The molecular formula is C23H26O3. The van der Waals surface area contributed by atoms with Crippen LogP contribution in [0.1, 0.15) is 49.3 Å². The van der Waals surface area contributed by atoms with Crippen LogP contribution in [0.2, 0.25) is 0 Å². The van der Waals surface area contributed by atoms with E-state index in [1.807, 2.05) is 49.4 Å². The Bertz CT molecular complexity index is 758. The van der Waals surface area contributed by atoms with Crippen molar-refractivity contribution >= 4 is 17.3 Å². The van der Waals surface area contributed by atoms with Crippen molar-refractivity contribution in [1.82, 2.24) is 0 Å². The average Bonchev–Trinajstić information content (AvgIpc) is 2.62. The zero-order valence-electron chi connectivity index (χ0n) is 15.7. The van der Waals surface area contributed by atoms with Crippen LogP contribution < -0.4 is 0 Å². The Balaban J connectivity index is 2.24. The molecular weight excluding hydrogens is 324 g/mol. The third-order valence-electron chi connectivity index (χ3n) is 4.28. The molecule has 26 heavy (non-hydrogen) atoms. The second kappa shape index (κ2) is 9.71. The first-order valence-corrected chi connectivity index (χ1v) is 9.00. The van der Waals surface area contributed by atoms with Gasteiger partial charge in [-0.05, 0) is 49.0 Å². The van der Waals surface area contributed by atoms with E-state index in [9.17, 15) is 9.59 Å². The van der Waals surface area contributed by atoms with Gasteiger partial charge in [-0.1, -0.05) is 67.1 Å². The van der Waals surface area contributed by atoms with Gasteiger partial charge < -0.3 is 4.74 Å². The largest absolute Gasteiger partial charge is 0.466 e. The smallest absolute Gasteiger partial charge is 0.313 e. The summed E-state index contributed by atoms with van der Waals surface area (Å²) in [5.41, 5.74) is 4.34. The van der Waals surface area contributed by atoms with Crippen molar-refractivity contribution in [2.45, 2.75) is 39.5 Å². The molecule has 2 rings (SSSR count). The van der Waals surface area contributed by atoms with Crippen molar-refractivity contribution in [3.05, 3.63) is 77.4 Å². The predicted octanol–water partition coefficient (Wildman–Crippen LogP) is 5.09. The van der Waals surface area contributed by atoms with Gasteiger partial charge in [0.2, 0.25) is 0 Å². The highest BCUT2D eigenvalue weighted by atomic mass is 16.5. The molecule has 0 N–H and O–H groups in total. The highest BCUT2D eigenvalue weighted by Crippen LogP contribution is 2.29. The molecule has 0 aliphatic carbocycles. The number of hydrogen-bond donors (Lipinski definition) is 0. The number of benzene rings is 2. The van der Waals surface area contributed by atoms with E-state index in [-0.39, 0.29) is 24.7 Å². The molecule has 0 saturated heterocycles. The first-order valence-electron chi connectivity index (χ1n) is 9.00. The standard InChI is InChI=1S/C23H26O3/c1-4-26-23(25)16-22(24)15-21(20-12-10-17(2)11-13-20)14-18(3)19-8-6-5-7-9-19/h5-13,15,18H,4,14,16H2,1-3H3/b21-15+. The summed E-state index contributed by atoms with van der Waals surface area (Å²) >= 11 is 0. The normalized spacial score (nSPS) is 12.5. The van der Waals surface area contributed by atoms with Crippen molar-refractivity contribution in [2.75, 3.05) is 6.61 Å². The van der Waals surface area contributed by atoms with Gasteiger partial charge >= 0.3 is 5.97 Å². The number of hydrogen-bond acceptors (Lipinski definition) is 3. The summed E-state index contributed by atoms with van der Waals surface area (Å²) < 4.78 is 4.88. The second-order valence-corrected chi connectivity index (χ2v) is 6.50. The summed E-state index contributed by atoms with van der Waals surface area (Å²) in [6, 6.07) is 18.3. The molecule has 3 nitrogen and oxygen atoms in total. The van der Waals surface area contributed by atoms with Gasteiger partial charge in [0.15, 0.2) is 5.78 Å². The number of carbonyl (C=O) groups excluding carboxylic acids is 2. The lowest BCUT2D eigenvalue weighted by Gasteiger charge is -2.15. The fourth-order valence-electron chi connectivity index (χ4n) is 2.86. The Kier molecular flexibility index (Phi) is 7.34. The van der Waals surface area contributed by atoms with Crippen molar-refractivity contribution in [1.29, 1.82) is 0 Å². The number of carbonyl (C=O) groups is 2. The van der Waals surface area contributed by atoms with Crippen molar-refractivity contribution < 1.29 is 14.3 Å². The molecule has 0 aromatic heterocycles. The van der Waals surface area contributed by atoms with E-state index < -0.39 is 5.97 Å². The average molecular weight is 350 g/mol. The van der Waals surface area contributed by atoms with Crippen LogP contribution in [0, 0.1) is 6.92 Å². The molecule has 0 radical (unpaired) electrons. The lowest BCUT2D eigenvalue weighted by molar-refractivity contribution is -0.144. The molecule has 2 aromatic carbocycles. The minimum Gasteiger partial charge on any atom is -0.466 e. The van der Waals surface area contributed by atoms with Crippen LogP contribution in [-0.2, 0) is 14.3 Å². The molecule has 0 bridgehead atoms. The summed E-state index contributed by atoms with van der Waals surface area (Å²) in [6.45, 7) is 6.20. The highest BCUT2D eigenvalue weighted by Gasteiger charge is 2.14. The third-order valence-corrected chi connectivity index (χ3v) is 4.28. The SMILES string of the molecule is CCOC(=O)CC(=O)/C=C(\CC(C)c1ccccc1)c1ccc(C)cc1. The van der Waals surface area contributed by atoms with Crippen LogP contribution in [0.15, 0.2) is 60.7 Å². The van der Waals surface area contributed by atoms with E-state index in [0.29, 0.717) is 0 Å². The maximum absolute atomic E-state index is 12.3. The van der Waals surface area contributed by atoms with Gasteiger partial charge in [0, 0.05) is 0 Å². The van der Waals surface area contributed by atoms with Gasteiger partial charge in [-0.3, -0.25) is 9.59 Å². The van der Waals surface area contributed by atoms with E-state index in [1.165, 1.54) is 11.1 Å². The monoisotopic (exact) mass is 350 g/mol. The minimum atomic E-state index is -0.479. The lowest BCUT2D eigenvalue weighted by atomic mass is 9.89. The second-order valence-electron chi connectivity index (χ2n) is 6.50. The summed E-state index contributed by atoms with van der Waals surface area (Å²) in [7, 11) is 0. The number of ketones is 1. The van der Waals surface area contributed by atoms with Crippen molar-refractivity contribution in [3.8, 4) is 0 Å². The first-order chi connectivity index (χ1) is 12.5. The summed E-state index contributed by atoms with van der Waals surface area (Å²) in [4.78, 5) is 23.9. The zero-order chi connectivity index (χ0) is 18.9. The zero-order valence-corrected chi connectivity index (χ0v) is 15.7. The van der Waals surface area contributed by atoms with Crippen LogP contribution in [0.25, 0.3) is 5.57 Å². The van der Waals surface area contributed by atoms with E-state index >= 15 is 0 Å². The number of ether oxygens (including phenoxy) is 1. The van der Waals surface area contributed by atoms with Crippen LogP contribution in [0.3, 0.4) is 0 Å². The first kappa shape index (κ1) is 19.6. The van der Waals surface area contributed by atoms with E-state index in [0.717, 1.165) is 17.6 Å². The summed E-state index contributed by atoms with van der Waals surface area (Å²) in [5.74, 6) is -0.438. The summed E-state index contributed by atoms with van der Waals surface area (Å²) in [6.07, 6.45) is 2.10. The lowest BCUT2D eigenvalue weighted by Crippen LogP contribution is -2.10. The molecule has 0 aliphatic rings. The van der Waals surface area contributed by atoms with E-state index in [1.54, 1.807) is 13.0 Å². The predicted molar refractivity (Wildman–Crippen MR) is 105 cm³/mol. The molecule has 1 unspecified atom stereocenters. The Hall–Kier alpha value is -2.68. The van der Waals surface area contributed by atoms with Gasteiger partial charge in [0.25, 0.3) is 0 Å². The van der Waals surface area contributed by atoms with Gasteiger partial charge in [0.1, 0.15) is 6.42 Å². The molecule has 0 heterocycles. The number of aryl methyl sites for hydroxylation is 1. The number of esters is 1. The molecule has 0 saturated carbocycles.